The maximum Gasteiger partial charge on any atom is 0.308 e. The van der Waals surface area contributed by atoms with Gasteiger partial charge in [0, 0.05) is 11.1 Å². The van der Waals surface area contributed by atoms with Crippen molar-refractivity contribution in [2.24, 2.45) is 5.92 Å². The zero-order valence-corrected chi connectivity index (χ0v) is 10.8. The lowest BCUT2D eigenvalue weighted by Crippen LogP contribution is -2.38. The largest absolute Gasteiger partial charge is 0.489 e. The Balaban J connectivity index is 1.91. The molecule has 1 aromatic carbocycles. The first-order valence-corrected chi connectivity index (χ1v) is 6.05. The van der Waals surface area contributed by atoms with E-state index < -0.39 is 0 Å². The van der Waals surface area contributed by atoms with Crippen LogP contribution in [0.3, 0.4) is 0 Å². The summed E-state index contributed by atoms with van der Waals surface area (Å²) in [6.45, 7) is 0. The molecule has 1 aliphatic carbocycles. The zero-order chi connectivity index (χ0) is 12.4. The Morgan fingerprint density at radius 1 is 1.35 bits per heavy atom. The van der Waals surface area contributed by atoms with E-state index in [1.807, 2.05) is 0 Å². The maximum absolute atomic E-state index is 11.2. The molecule has 3 nitrogen and oxygen atoms in total. The quantitative estimate of drug-likeness (QED) is 0.794. The fourth-order valence-electron chi connectivity index (χ4n) is 1.77. The number of halogens is 2. The molecule has 1 aromatic rings. The third-order valence-corrected chi connectivity index (χ3v) is 3.36. The predicted molar refractivity (Wildman–Crippen MR) is 65.6 cm³/mol. The molecule has 0 aliphatic heterocycles. The van der Waals surface area contributed by atoms with Crippen molar-refractivity contribution in [3.05, 3.63) is 28.2 Å². The topological polar surface area (TPSA) is 35.5 Å². The van der Waals surface area contributed by atoms with E-state index >= 15 is 0 Å². The number of benzene rings is 1. The van der Waals surface area contributed by atoms with Gasteiger partial charge in [-0.15, -0.1) is 0 Å². The van der Waals surface area contributed by atoms with Crippen molar-refractivity contribution < 1.29 is 14.3 Å². The van der Waals surface area contributed by atoms with Crippen LogP contribution in [0.15, 0.2) is 18.2 Å². The molecule has 0 unspecified atom stereocenters. The van der Waals surface area contributed by atoms with Crippen molar-refractivity contribution in [3.8, 4) is 5.75 Å². The number of carbonyl (C=O) groups excluding carboxylic acids is 1. The molecule has 5 heteroatoms. The first kappa shape index (κ1) is 12.5. The molecule has 1 saturated carbocycles. The Morgan fingerprint density at radius 3 is 2.71 bits per heavy atom. The molecule has 0 N–H and O–H groups in total. The molecule has 0 atom stereocenters. The molecule has 92 valence electrons. The Hall–Kier alpha value is -0.930. The van der Waals surface area contributed by atoms with Gasteiger partial charge in [0.15, 0.2) is 0 Å². The van der Waals surface area contributed by atoms with Gasteiger partial charge in [0.2, 0.25) is 0 Å². The Labute approximate surface area is 110 Å². The maximum atomic E-state index is 11.2. The van der Waals surface area contributed by atoms with E-state index in [-0.39, 0.29) is 18.0 Å². The number of hydrogen-bond acceptors (Lipinski definition) is 3. The van der Waals surface area contributed by atoms with E-state index in [0.29, 0.717) is 28.6 Å². The minimum atomic E-state index is -0.179. The predicted octanol–water partition coefficient (Wildman–Crippen LogP) is 3.32. The van der Waals surface area contributed by atoms with E-state index in [9.17, 15) is 4.79 Å². The highest BCUT2D eigenvalue weighted by molar-refractivity contribution is 6.34. The summed E-state index contributed by atoms with van der Waals surface area (Å²) in [4.78, 5) is 11.2. The second-order valence-corrected chi connectivity index (χ2v) is 4.85. The molecule has 0 saturated heterocycles. The van der Waals surface area contributed by atoms with Crippen LogP contribution in [0.2, 0.25) is 10.0 Å². The van der Waals surface area contributed by atoms with Gasteiger partial charge in [0.05, 0.1) is 18.1 Å². The molecule has 0 radical (unpaired) electrons. The molecular formula is C12H12Cl2O3. The van der Waals surface area contributed by atoms with Gasteiger partial charge < -0.3 is 9.47 Å². The van der Waals surface area contributed by atoms with Crippen molar-refractivity contribution >= 4 is 29.2 Å². The fraction of sp³-hybridized carbons (Fsp3) is 0.417. The minimum absolute atomic E-state index is 0.00932. The highest BCUT2D eigenvalue weighted by atomic mass is 35.5. The molecule has 0 amide bonds. The summed E-state index contributed by atoms with van der Waals surface area (Å²) in [5.41, 5.74) is 0. The van der Waals surface area contributed by atoms with Gasteiger partial charge in [0.1, 0.15) is 11.9 Å². The number of esters is 1. The standard InChI is InChI=1S/C12H12Cl2O3/c1-16-12(15)7-4-9(5-7)17-11-6-8(13)2-3-10(11)14/h2-3,6-7,9H,4-5H2,1H3/t7-,9-. The number of methoxy groups -OCH3 is 1. The van der Waals surface area contributed by atoms with Gasteiger partial charge in [-0.05, 0) is 25.0 Å². The molecule has 0 heterocycles. The minimum Gasteiger partial charge on any atom is -0.489 e. The third-order valence-electron chi connectivity index (χ3n) is 2.82. The molecule has 0 spiro atoms. The summed E-state index contributed by atoms with van der Waals surface area (Å²) >= 11 is 11.8. The van der Waals surface area contributed by atoms with Crippen LogP contribution in [0.25, 0.3) is 0 Å². The van der Waals surface area contributed by atoms with Crippen LogP contribution in [0.1, 0.15) is 12.8 Å². The summed E-state index contributed by atoms with van der Waals surface area (Å²) in [5.74, 6) is 0.331. The summed E-state index contributed by atoms with van der Waals surface area (Å²) in [6.07, 6.45) is 1.33. The van der Waals surface area contributed by atoms with Crippen molar-refractivity contribution in [1.82, 2.24) is 0 Å². The molecule has 2 rings (SSSR count). The van der Waals surface area contributed by atoms with E-state index in [4.69, 9.17) is 27.9 Å². The fourth-order valence-corrected chi connectivity index (χ4v) is 2.09. The van der Waals surface area contributed by atoms with Crippen LogP contribution < -0.4 is 4.74 Å². The van der Waals surface area contributed by atoms with Gasteiger partial charge >= 0.3 is 5.97 Å². The average Bonchev–Trinajstić information content (AvgIpc) is 2.26. The summed E-state index contributed by atoms with van der Waals surface area (Å²) in [6, 6.07) is 5.07. The van der Waals surface area contributed by atoms with Crippen LogP contribution >= 0.6 is 23.2 Å². The van der Waals surface area contributed by atoms with E-state index in [1.165, 1.54) is 7.11 Å². The van der Waals surface area contributed by atoms with E-state index in [2.05, 4.69) is 4.74 Å². The van der Waals surface area contributed by atoms with Gasteiger partial charge in [-0.1, -0.05) is 23.2 Å². The number of carbonyl (C=O) groups is 1. The zero-order valence-electron chi connectivity index (χ0n) is 9.28. The Kier molecular flexibility index (Phi) is 3.79. The van der Waals surface area contributed by atoms with Crippen LogP contribution in [-0.2, 0) is 9.53 Å². The third kappa shape index (κ3) is 2.85. The molecule has 0 bridgehead atoms. The van der Waals surface area contributed by atoms with Crippen molar-refractivity contribution in [3.63, 3.8) is 0 Å². The van der Waals surface area contributed by atoms with E-state index in [1.54, 1.807) is 18.2 Å². The number of ether oxygens (including phenoxy) is 2. The van der Waals surface area contributed by atoms with Crippen LogP contribution in [0.4, 0.5) is 0 Å². The molecule has 1 aliphatic rings. The van der Waals surface area contributed by atoms with Crippen LogP contribution in [0, 0.1) is 5.92 Å². The lowest BCUT2D eigenvalue weighted by molar-refractivity contribution is -0.151. The van der Waals surface area contributed by atoms with Gasteiger partial charge in [0.25, 0.3) is 0 Å². The van der Waals surface area contributed by atoms with Crippen LogP contribution in [0.5, 0.6) is 5.75 Å². The van der Waals surface area contributed by atoms with Crippen molar-refractivity contribution in [1.29, 1.82) is 0 Å². The number of hydrogen-bond donors (Lipinski definition) is 0. The summed E-state index contributed by atoms with van der Waals surface area (Å²) < 4.78 is 10.3. The highest BCUT2D eigenvalue weighted by Gasteiger charge is 2.37. The molecular weight excluding hydrogens is 263 g/mol. The number of rotatable bonds is 3. The first-order chi connectivity index (χ1) is 8.10. The smallest absolute Gasteiger partial charge is 0.308 e. The second kappa shape index (κ2) is 5.15. The summed E-state index contributed by atoms with van der Waals surface area (Å²) in [5, 5.41) is 1.10. The van der Waals surface area contributed by atoms with Gasteiger partial charge in [-0.2, -0.15) is 0 Å². The van der Waals surface area contributed by atoms with E-state index in [0.717, 1.165) is 0 Å². The lowest BCUT2D eigenvalue weighted by Gasteiger charge is -2.33. The molecule has 17 heavy (non-hydrogen) atoms. The highest BCUT2D eigenvalue weighted by Crippen LogP contribution is 2.35. The normalized spacial score (nSPS) is 22.8. The van der Waals surface area contributed by atoms with Crippen molar-refractivity contribution in [2.45, 2.75) is 18.9 Å². The first-order valence-electron chi connectivity index (χ1n) is 5.29. The molecule has 0 aromatic heterocycles. The Morgan fingerprint density at radius 2 is 2.06 bits per heavy atom. The van der Waals surface area contributed by atoms with Crippen molar-refractivity contribution in [2.75, 3.05) is 7.11 Å². The lowest BCUT2D eigenvalue weighted by atomic mass is 9.82. The molecule has 1 fully saturated rings. The monoisotopic (exact) mass is 274 g/mol. The summed E-state index contributed by atoms with van der Waals surface area (Å²) in [7, 11) is 1.39. The SMILES string of the molecule is COC(=O)[C@H]1C[C@H](Oc2cc(Cl)ccc2Cl)C1. The van der Waals surface area contributed by atoms with Crippen LogP contribution in [-0.4, -0.2) is 19.2 Å². The van der Waals surface area contributed by atoms with Gasteiger partial charge in [-0.25, -0.2) is 0 Å². The van der Waals surface area contributed by atoms with Gasteiger partial charge in [-0.3, -0.25) is 4.79 Å². The average molecular weight is 275 g/mol. The second-order valence-electron chi connectivity index (χ2n) is 4.01. The Bertz CT molecular complexity index is 428.